The molecular weight excluding hydrogens is 546 g/mol. The predicted molar refractivity (Wildman–Crippen MR) is 145 cm³/mol. The van der Waals surface area contributed by atoms with Crippen molar-refractivity contribution in [3.8, 4) is 0 Å². The third-order valence-corrected chi connectivity index (χ3v) is 7.05. The van der Waals surface area contributed by atoms with E-state index in [0.29, 0.717) is 17.1 Å². The lowest BCUT2D eigenvalue weighted by Gasteiger charge is -2.16. The van der Waals surface area contributed by atoms with Crippen molar-refractivity contribution in [2.75, 3.05) is 14.9 Å². The number of ether oxygens (including phenoxy) is 1. The van der Waals surface area contributed by atoms with Crippen molar-refractivity contribution in [1.82, 2.24) is 9.97 Å². The number of amides is 2. The number of carbonyl (C=O) groups is 3. The van der Waals surface area contributed by atoms with Gasteiger partial charge < -0.3 is 10.1 Å². The van der Waals surface area contributed by atoms with Gasteiger partial charge in [-0.25, -0.2) is 32.8 Å². The van der Waals surface area contributed by atoms with Gasteiger partial charge in [0.25, 0.3) is 21.8 Å². The lowest BCUT2D eigenvalue weighted by Crippen LogP contribution is -2.32. The average molecular weight is 570 g/mol. The molecule has 0 unspecified atom stereocenters. The standard InChI is InChI=1S/C26H24ClN5O6S/c1-14(2)38-25(35)17-6-5-7-19(13-17)32-23(33)21(27)22(24(32)34)30-18-8-10-20(11-9-18)39(36,37)31-26-28-15(3)12-16(4)29-26/h5-14,30H,1-4H3,(H,28,29,31). The zero-order valence-electron chi connectivity index (χ0n) is 21.4. The van der Waals surface area contributed by atoms with Gasteiger partial charge in [-0.05, 0) is 76.2 Å². The number of aromatic nitrogens is 2. The molecule has 2 heterocycles. The normalized spacial score (nSPS) is 13.7. The number of anilines is 3. The molecule has 2 amide bonds. The van der Waals surface area contributed by atoms with Crippen LogP contribution in [0.4, 0.5) is 17.3 Å². The number of nitrogens with zero attached hydrogens (tertiary/aromatic N) is 3. The van der Waals surface area contributed by atoms with Gasteiger partial charge >= 0.3 is 5.97 Å². The minimum absolute atomic E-state index is 0.0525. The van der Waals surface area contributed by atoms with Crippen LogP contribution in [0.2, 0.25) is 0 Å². The molecule has 0 spiro atoms. The highest BCUT2D eigenvalue weighted by Gasteiger charge is 2.39. The van der Waals surface area contributed by atoms with Gasteiger partial charge in [0.2, 0.25) is 5.95 Å². The number of sulfonamides is 1. The maximum absolute atomic E-state index is 13.1. The first kappa shape index (κ1) is 27.7. The Morgan fingerprint density at radius 2 is 1.62 bits per heavy atom. The highest BCUT2D eigenvalue weighted by atomic mass is 35.5. The van der Waals surface area contributed by atoms with Crippen LogP contribution in [-0.4, -0.2) is 42.3 Å². The lowest BCUT2D eigenvalue weighted by molar-refractivity contribution is -0.120. The van der Waals surface area contributed by atoms with E-state index in [-0.39, 0.29) is 38.9 Å². The maximum Gasteiger partial charge on any atom is 0.338 e. The second-order valence-electron chi connectivity index (χ2n) is 8.87. The van der Waals surface area contributed by atoms with Crippen LogP contribution < -0.4 is 14.9 Å². The van der Waals surface area contributed by atoms with Crippen molar-refractivity contribution in [2.24, 2.45) is 0 Å². The van der Waals surface area contributed by atoms with Crippen LogP contribution in [0.15, 0.2) is 70.2 Å². The molecule has 0 fully saturated rings. The fourth-order valence-electron chi connectivity index (χ4n) is 3.71. The summed E-state index contributed by atoms with van der Waals surface area (Å²) in [5.41, 5.74) is 1.63. The van der Waals surface area contributed by atoms with Crippen LogP contribution in [0.1, 0.15) is 35.6 Å². The molecule has 1 aliphatic heterocycles. The SMILES string of the molecule is Cc1cc(C)nc(NS(=O)(=O)c2ccc(NC3=C(Cl)C(=O)N(c4cccc(C(=O)OC(C)C)c4)C3=O)cc2)n1. The Morgan fingerprint density at radius 1 is 0.974 bits per heavy atom. The molecule has 13 heteroatoms. The van der Waals surface area contributed by atoms with E-state index in [1.54, 1.807) is 33.8 Å². The first-order chi connectivity index (χ1) is 18.4. The van der Waals surface area contributed by atoms with E-state index in [9.17, 15) is 22.8 Å². The fraction of sp³-hybridized carbons (Fsp3) is 0.192. The van der Waals surface area contributed by atoms with Crippen LogP contribution in [-0.2, 0) is 24.3 Å². The second-order valence-corrected chi connectivity index (χ2v) is 10.9. The van der Waals surface area contributed by atoms with Crippen molar-refractivity contribution in [3.63, 3.8) is 0 Å². The number of hydrogen-bond acceptors (Lipinski definition) is 9. The molecule has 3 aromatic rings. The summed E-state index contributed by atoms with van der Waals surface area (Å²) in [5, 5.41) is 2.42. The quantitative estimate of drug-likeness (QED) is 0.304. The van der Waals surface area contributed by atoms with Gasteiger partial charge in [-0.15, -0.1) is 0 Å². The van der Waals surface area contributed by atoms with Crippen molar-refractivity contribution < 1.29 is 27.5 Å². The van der Waals surface area contributed by atoms with Gasteiger partial charge in [-0.3, -0.25) is 9.59 Å². The molecule has 4 rings (SSSR count). The molecule has 0 saturated carbocycles. The monoisotopic (exact) mass is 569 g/mol. The highest BCUT2D eigenvalue weighted by Crippen LogP contribution is 2.31. The summed E-state index contributed by atoms with van der Waals surface area (Å²) in [4.78, 5) is 47.2. The highest BCUT2D eigenvalue weighted by molar-refractivity contribution is 7.92. The molecule has 0 bridgehead atoms. The fourth-order valence-corrected chi connectivity index (χ4v) is 4.87. The molecule has 39 heavy (non-hydrogen) atoms. The van der Waals surface area contributed by atoms with E-state index in [0.717, 1.165) is 4.90 Å². The van der Waals surface area contributed by atoms with Gasteiger partial charge in [-0.2, -0.15) is 0 Å². The first-order valence-corrected chi connectivity index (χ1v) is 13.5. The number of hydrogen-bond donors (Lipinski definition) is 2. The van der Waals surface area contributed by atoms with Gasteiger partial charge in [0, 0.05) is 17.1 Å². The van der Waals surface area contributed by atoms with Crippen LogP contribution in [0, 0.1) is 13.8 Å². The molecule has 1 aromatic heterocycles. The number of carbonyl (C=O) groups excluding carboxylic acids is 3. The van der Waals surface area contributed by atoms with Crippen LogP contribution in [0.5, 0.6) is 0 Å². The van der Waals surface area contributed by atoms with Crippen molar-refractivity contribution in [2.45, 2.75) is 38.7 Å². The van der Waals surface area contributed by atoms with Gasteiger partial charge in [0.05, 0.1) is 22.3 Å². The minimum Gasteiger partial charge on any atom is -0.459 e. The van der Waals surface area contributed by atoms with Crippen LogP contribution >= 0.6 is 11.6 Å². The largest absolute Gasteiger partial charge is 0.459 e. The number of halogens is 1. The summed E-state index contributed by atoms with van der Waals surface area (Å²) in [5.74, 6) is -2.18. The Kier molecular flexibility index (Phi) is 7.70. The summed E-state index contributed by atoms with van der Waals surface area (Å²) >= 11 is 6.20. The predicted octanol–water partition coefficient (Wildman–Crippen LogP) is 3.90. The summed E-state index contributed by atoms with van der Waals surface area (Å²) < 4.78 is 33.1. The van der Waals surface area contributed by atoms with Crippen molar-refractivity contribution in [1.29, 1.82) is 0 Å². The number of nitrogens with one attached hydrogen (secondary N) is 2. The average Bonchev–Trinajstić information content (AvgIpc) is 3.06. The Morgan fingerprint density at radius 3 is 2.23 bits per heavy atom. The smallest absolute Gasteiger partial charge is 0.338 e. The number of imide groups is 1. The van der Waals surface area contributed by atoms with Gasteiger partial charge in [0.1, 0.15) is 10.7 Å². The molecule has 0 radical (unpaired) electrons. The summed E-state index contributed by atoms with van der Waals surface area (Å²) in [6.45, 7) is 6.85. The molecular formula is C26H24ClN5O6S. The molecule has 11 nitrogen and oxygen atoms in total. The molecule has 202 valence electrons. The Labute approximate surface area is 229 Å². The van der Waals surface area contributed by atoms with Crippen molar-refractivity contribution >= 4 is 56.7 Å². The van der Waals surface area contributed by atoms with Crippen LogP contribution in [0.25, 0.3) is 0 Å². The van der Waals surface area contributed by atoms with E-state index < -0.39 is 27.8 Å². The molecule has 2 aromatic carbocycles. The minimum atomic E-state index is -3.99. The van der Waals surface area contributed by atoms with E-state index in [1.165, 1.54) is 48.5 Å². The Bertz CT molecular complexity index is 1600. The van der Waals surface area contributed by atoms with E-state index >= 15 is 0 Å². The number of benzene rings is 2. The lowest BCUT2D eigenvalue weighted by atomic mass is 10.2. The Hall–Kier alpha value is -4.29. The maximum atomic E-state index is 13.1. The molecule has 2 N–H and O–H groups in total. The summed E-state index contributed by atoms with van der Waals surface area (Å²) in [6, 6.07) is 13.0. The second kappa shape index (κ2) is 10.8. The zero-order valence-corrected chi connectivity index (χ0v) is 22.9. The third kappa shape index (κ3) is 6.07. The third-order valence-electron chi connectivity index (χ3n) is 5.35. The first-order valence-electron chi connectivity index (χ1n) is 11.7. The van der Waals surface area contributed by atoms with Gasteiger partial charge in [-0.1, -0.05) is 17.7 Å². The summed E-state index contributed by atoms with van der Waals surface area (Å²) in [6.07, 6.45) is -0.347. The number of rotatable bonds is 8. The number of aryl methyl sites for hydroxylation is 2. The summed E-state index contributed by atoms with van der Waals surface area (Å²) in [7, 11) is -3.99. The van der Waals surface area contributed by atoms with E-state index in [1.807, 2.05) is 0 Å². The van der Waals surface area contributed by atoms with Crippen LogP contribution in [0.3, 0.4) is 0 Å². The van der Waals surface area contributed by atoms with Crippen molar-refractivity contribution in [3.05, 3.63) is 82.3 Å². The molecule has 0 saturated heterocycles. The zero-order chi connectivity index (χ0) is 28.5. The van der Waals surface area contributed by atoms with Gasteiger partial charge in [0.15, 0.2) is 0 Å². The molecule has 1 aliphatic rings. The van der Waals surface area contributed by atoms with E-state index in [2.05, 4.69) is 20.0 Å². The Balaban J connectivity index is 1.51. The molecule has 0 atom stereocenters. The topological polar surface area (TPSA) is 148 Å². The molecule has 0 aliphatic carbocycles. The van der Waals surface area contributed by atoms with E-state index in [4.69, 9.17) is 16.3 Å². The number of esters is 1.